The number of benzene rings is 1. The summed E-state index contributed by atoms with van der Waals surface area (Å²) in [5, 5.41) is 0. The first-order chi connectivity index (χ1) is 8.94. The molecule has 1 fully saturated rings. The minimum atomic E-state index is -3.39. The van der Waals surface area contributed by atoms with Crippen molar-refractivity contribution >= 4 is 10.0 Å². The van der Waals surface area contributed by atoms with Crippen molar-refractivity contribution in [2.45, 2.75) is 31.2 Å². The van der Waals surface area contributed by atoms with E-state index in [1.165, 1.54) is 0 Å². The molecule has 1 atom stereocenters. The van der Waals surface area contributed by atoms with E-state index in [2.05, 4.69) is 4.72 Å². The highest BCUT2D eigenvalue weighted by molar-refractivity contribution is 7.88. The second kappa shape index (κ2) is 5.58. The fraction of sp³-hybridized carbons (Fsp3) is 0.538. The van der Waals surface area contributed by atoms with E-state index in [1.54, 1.807) is 6.07 Å². The second-order valence-corrected chi connectivity index (χ2v) is 6.92. The van der Waals surface area contributed by atoms with E-state index in [0.717, 1.165) is 11.1 Å². The van der Waals surface area contributed by atoms with Gasteiger partial charge < -0.3 is 10.5 Å². The van der Waals surface area contributed by atoms with Crippen LogP contribution in [0.4, 0.5) is 0 Å². The number of nitrogens with one attached hydrogen (secondary N) is 1. The van der Waals surface area contributed by atoms with Crippen molar-refractivity contribution in [3.8, 4) is 0 Å². The first-order valence-electron chi connectivity index (χ1n) is 6.30. The molecule has 1 unspecified atom stereocenters. The van der Waals surface area contributed by atoms with Gasteiger partial charge in [-0.15, -0.1) is 0 Å². The third kappa shape index (κ3) is 3.76. The molecular weight excluding hydrogens is 264 g/mol. The summed E-state index contributed by atoms with van der Waals surface area (Å²) < 4.78 is 32.4. The zero-order chi connectivity index (χ0) is 13.9. The molecule has 0 bridgehead atoms. The van der Waals surface area contributed by atoms with Gasteiger partial charge in [-0.1, -0.05) is 24.3 Å². The number of rotatable bonds is 5. The van der Waals surface area contributed by atoms with Gasteiger partial charge >= 0.3 is 0 Å². The van der Waals surface area contributed by atoms with Gasteiger partial charge in [-0.05, 0) is 24.5 Å². The van der Waals surface area contributed by atoms with Gasteiger partial charge in [0.2, 0.25) is 10.0 Å². The monoisotopic (exact) mass is 284 g/mol. The van der Waals surface area contributed by atoms with E-state index in [0.29, 0.717) is 26.2 Å². The Hall–Kier alpha value is -0.950. The maximum absolute atomic E-state index is 12.2. The molecule has 0 aromatic heterocycles. The summed E-state index contributed by atoms with van der Waals surface area (Å²) in [4.78, 5) is 0. The first kappa shape index (κ1) is 14.5. The third-order valence-electron chi connectivity index (χ3n) is 3.30. The fourth-order valence-electron chi connectivity index (χ4n) is 2.26. The summed E-state index contributed by atoms with van der Waals surface area (Å²) in [5.74, 6) is -0.0457. The zero-order valence-corrected chi connectivity index (χ0v) is 11.9. The van der Waals surface area contributed by atoms with Crippen LogP contribution in [0.2, 0.25) is 0 Å². The van der Waals surface area contributed by atoms with E-state index in [9.17, 15) is 8.42 Å². The van der Waals surface area contributed by atoms with Gasteiger partial charge in [0.15, 0.2) is 0 Å². The molecule has 0 spiro atoms. The lowest BCUT2D eigenvalue weighted by Crippen LogP contribution is -2.46. The quantitative estimate of drug-likeness (QED) is 0.836. The SMILES string of the molecule is CC1(NS(=O)(=O)Cc2ccccc2CN)CCOC1. The van der Waals surface area contributed by atoms with Crippen LogP contribution in [-0.4, -0.2) is 27.2 Å². The van der Waals surface area contributed by atoms with Crippen LogP contribution in [0, 0.1) is 0 Å². The van der Waals surface area contributed by atoms with Crippen LogP contribution in [0.5, 0.6) is 0 Å². The smallest absolute Gasteiger partial charge is 0.216 e. The number of ether oxygens (including phenoxy) is 1. The summed E-state index contributed by atoms with van der Waals surface area (Å²) in [6.45, 7) is 3.22. The Morgan fingerprint density at radius 1 is 1.37 bits per heavy atom. The van der Waals surface area contributed by atoms with Gasteiger partial charge in [-0.2, -0.15) is 0 Å². The highest BCUT2D eigenvalue weighted by Crippen LogP contribution is 2.20. The molecular formula is C13H20N2O3S. The van der Waals surface area contributed by atoms with Crippen molar-refractivity contribution in [1.82, 2.24) is 4.72 Å². The molecule has 1 saturated heterocycles. The molecule has 1 aromatic rings. The minimum Gasteiger partial charge on any atom is -0.379 e. The largest absolute Gasteiger partial charge is 0.379 e. The normalized spacial score (nSPS) is 23.7. The molecule has 3 N–H and O–H groups in total. The predicted molar refractivity (Wildman–Crippen MR) is 73.9 cm³/mol. The summed E-state index contributed by atoms with van der Waals surface area (Å²) in [6.07, 6.45) is 0.699. The van der Waals surface area contributed by atoms with E-state index in [1.807, 2.05) is 25.1 Å². The fourth-order valence-corrected chi connectivity index (χ4v) is 3.94. The Labute approximate surface area is 114 Å². The van der Waals surface area contributed by atoms with Gasteiger partial charge in [0, 0.05) is 13.2 Å². The second-order valence-electron chi connectivity index (χ2n) is 5.20. The number of hydrogen-bond donors (Lipinski definition) is 2. The minimum absolute atomic E-state index is 0.0457. The predicted octanol–water partition coefficient (Wildman–Crippen LogP) is 0.744. The molecule has 0 amide bonds. The lowest BCUT2D eigenvalue weighted by atomic mass is 10.0. The van der Waals surface area contributed by atoms with E-state index >= 15 is 0 Å². The maximum atomic E-state index is 12.2. The van der Waals surface area contributed by atoms with Gasteiger partial charge in [0.1, 0.15) is 0 Å². The molecule has 0 saturated carbocycles. The van der Waals surface area contributed by atoms with Crippen molar-refractivity contribution in [1.29, 1.82) is 0 Å². The van der Waals surface area contributed by atoms with Gasteiger partial charge in [-0.3, -0.25) is 0 Å². The summed E-state index contributed by atoms with van der Waals surface area (Å²) in [5.41, 5.74) is 6.75. The summed E-state index contributed by atoms with van der Waals surface area (Å²) in [6, 6.07) is 7.34. The van der Waals surface area contributed by atoms with Crippen molar-refractivity contribution in [2.75, 3.05) is 13.2 Å². The van der Waals surface area contributed by atoms with Gasteiger partial charge in [0.05, 0.1) is 17.9 Å². The van der Waals surface area contributed by atoms with Crippen LogP contribution in [0.3, 0.4) is 0 Å². The Kier molecular flexibility index (Phi) is 4.25. The maximum Gasteiger partial charge on any atom is 0.216 e. The molecule has 2 rings (SSSR count). The lowest BCUT2D eigenvalue weighted by Gasteiger charge is -2.23. The molecule has 0 aliphatic carbocycles. The van der Waals surface area contributed by atoms with Crippen LogP contribution < -0.4 is 10.5 Å². The molecule has 1 aliphatic heterocycles. The van der Waals surface area contributed by atoms with Crippen molar-refractivity contribution < 1.29 is 13.2 Å². The summed E-state index contributed by atoms with van der Waals surface area (Å²) >= 11 is 0. The van der Waals surface area contributed by atoms with E-state index < -0.39 is 15.6 Å². The molecule has 0 radical (unpaired) electrons. The Bertz CT molecular complexity index is 537. The number of hydrogen-bond acceptors (Lipinski definition) is 4. The van der Waals surface area contributed by atoms with E-state index in [4.69, 9.17) is 10.5 Å². The number of nitrogens with two attached hydrogens (primary N) is 1. The summed E-state index contributed by atoms with van der Waals surface area (Å²) in [7, 11) is -3.39. The van der Waals surface area contributed by atoms with Crippen LogP contribution in [0.1, 0.15) is 24.5 Å². The molecule has 6 heteroatoms. The average Bonchev–Trinajstić information content (AvgIpc) is 2.74. The topological polar surface area (TPSA) is 81.4 Å². The molecule has 1 heterocycles. The Morgan fingerprint density at radius 2 is 2.05 bits per heavy atom. The Morgan fingerprint density at radius 3 is 2.63 bits per heavy atom. The third-order valence-corrected chi connectivity index (χ3v) is 4.80. The molecule has 5 nitrogen and oxygen atoms in total. The molecule has 1 aromatic carbocycles. The highest BCUT2D eigenvalue weighted by atomic mass is 32.2. The zero-order valence-electron chi connectivity index (χ0n) is 11.1. The lowest BCUT2D eigenvalue weighted by molar-refractivity contribution is 0.178. The van der Waals surface area contributed by atoms with Crippen LogP contribution in [-0.2, 0) is 27.1 Å². The van der Waals surface area contributed by atoms with Gasteiger partial charge in [0.25, 0.3) is 0 Å². The Balaban J connectivity index is 2.12. The number of sulfonamides is 1. The average molecular weight is 284 g/mol. The van der Waals surface area contributed by atoms with Crippen molar-refractivity contribution in [2.24, 2.45) is 5.73 Å². The van der Waals surface area contributed by atoms with Crippen molar-refractivity contribution in [3.05, 3.63) is 35.4 Å². The molecule has 19 heavy (non-hydrogen) atoms. The molecule has 106 valence electrons. The van der Waals surface area contributed by atoms with Crippen LogP contribution >= 0.6 is 0 Å². The van der Waals surface area contributed by atoms with E-state index in [-0.39, 0.29) is 5.75 Å². The van der Waals surface area contributed by atoms with Gasteiger partial charge in [-0.25, -0.2) is 13.1 Å². The van der Waals surface area contributed by atoms with Crippen LogP contribution in [0.25, 0.3) is 0 Å². The standard InChI is InChI=1S/C13H20N2O3S/c1-13(6-7-18-10-13)15-19(16,17)9-12-5-3-2-4-11(12)8-14/h2-5,15H,6-10,14H2,1H3. The van der Waals surface area contributed by atoms with Crippen LogP contribution in [0.15, 0.2) is 24.3 Å². The molecule has 1 aliphatic rings. The first-order valence-corrected chi connectivity index (χ1v) is 7.96. The highest BCUT2D eigenvalue weighted by Gasteiger charge is 2.34. The van der Waals surface area contributed by atoms with Crippen molar-refractivity contribution in [3.63, 3.8) is 0 Å².